The van der Waals surface area contributed by atoms with Crippen LogP contribution in [0.1, 0.15) is 65.7 Å². The van der Waals surface area contributed by atoms with E-state index in [0.29, 0.717) is 29.5 Å². The monoisotopic (exact) mass is 516 g/mol. The van der Waals surface area contributed by atoms with Gasteiger partial charge in [0.2, 0.25) is 0 Å². The molecule has 1 N–H and O–H groups in total. The van der Waals surface area contributed by atoms with Crippen LogP contribution in [0.3, 0.4) is 0 Å². The standard InChI is InChI=1S/C28H32ClO5P/c1-18(2)25-14-21(8-9-27(25)30)15-26-19(3)12-24(13-20(26)4)32-17-35(31)33-11-10-28(34-35)22-6-5-7-23(29)16-22/h5-9,12-14,16,18,28,30H,10-11,15,17H2,1-4H3/t28-,35?/m0/s1/i3+2. The van der Waals surface area contributed by atoms with Gasteiger partial charge in [-0.2, -0.15) is 0 Å². The fourth-order valence-corrected chi connectivity index (χ4v) is 6.13. The van der Waals surface area contributed by atoms with E-state index >= 15 is 0 Å². The highest BCUT2D eigenvalue weighted by Crippen LogP contribution is 2.56. The number of phenolic OH excluding ortho intramolecular Hbond substituents is 1. The molecule has 0 spiro atoms. The highest BCUT2D eigenvalue weighted by molar-refractivity contribution is 7.53. The zero-order valence-corrected chi connectivity index (χ0v) is 22.2. The molecule has 0 saturated carbocycles. The normalized spacial score (nSPS) is 20.2. The molecule has 1 heterocycles. The van der Waals surface area contributed by atoms with Gasteiger partial charge in [-0.3, -0.25) is 9.09 Å². The zero-order valence-electron chi connectivity index (χ0n) is 20.6. The fraction of sp³-hybridized carbons (Fsp3) is 0.357. The van der Waals surface area contributed by atoms with Crippen molar-refractivity contribution in [1.29, 1.82) is 0 Å². The van der Waals surface area contributed by atoms with Crippen LogP contribution in [0.4, 0.5) is 0 Å². The summed E-state index contributed by atoms with van der Waals surface area (Å²) in [5.74, 6) is 1.21. The van der Waals surface area contributed by atoms with Crippen LogP contribution < -0.4 is 4.74 Å². The van der Waals surface area contributed by atoms with Crippen molar-refractivity contribution in [2.75, 3.05) is 13.0 Å². The van der Waals surface area contributed by atoms with E-state index in [9.17, 15) is 9.67 Å². The molecule has 0 aliphatic carbocycles. The van der Waals surface area contributed by atoms with E-state index in [0.717, 1.165) is 34.2 Å². The van der Waals surface area contributed by atoms with Gasteiger partial charge in [0, 0.05) is 11.4 Å². The summed E-state index contributed by atoms with van der Waals surface area (Å²) in [6.45, 7) is 8.57. The Morgan fingerprint density at radius 1 is 1.20 bits per heavy atom. The first kappa shape index (κ1) is 25.8. The number of phenols is 1. The van der Waals surface area contributed by atoms with Crippen LogP contribution in [0.25, 0.3) is 0 Å². The van der Waals surface area contributed by atoms with Crippen molar-refractivity contribution in [1.82, 2.24) is 0 Å². The number of halogens is 1. The largest absolute Gasteiger partial charge is 0.508 e. The first-order valence-corrected chi connectivity index (χ1v) is 14.0. The number of aryl methyl sites for hydroxylation is 2. The van der Waals surface area contributed by atoms with Gasteiger partial charge >= 0.3 is 7.60 Å². The molecule has 186 valence electrons. The summed E-state index contributed by atoms with van der Waals surface area (Å²) < 4.78 is 30.6. The topological polar surface area (TPSA) is 65.0 Å². The maximum absolute atomic E-state index is 13.2. The van der Waals surface area contributed by atoms with Crippen LogP contribution in [0.5, 0.6) is 11.5 Å². The molecular weight excluding hydrogens is 485 g/mol. The van der Waals surface area contributed by atoms with Gasteiger partial charge in [0.05, 0.1) is 12.7 Å². The van der Waals surface area contributed by atoms with Crippen molar-refractivity contribution in [3.63, 3.8) is 0 Å². The Balaban J connectivity index is 1.45. The molecule has 1 aliphatic rings. The quantitative estimate of drug-likeness (QED) is 0.321. The first-order chi connectivity index (χ1) is 16.6. The van der Waals surface area contributed by atoms with Crippen molar-refractivity contribution < 1.29 is 23.5 Å². The number of hydrogen-bond donors (Lipinski definition) is 1. The predicted molar refractivity (Wildman–Crippen MR) is 140 cm³/mol. The Labute approximate surface area is 212 Å². The Morgan fingerprint density at radius 2 is 2.00 bits per heavy atom. The van der Waals surface area contributed by atoms with Gasteiger partial charge in [-0.15, -0.1) is 0 Å². The van der Waals surface area contributed by atoms with Gasteiger partial charge in [-0.1, -0.05) is 49.7 Å². The minimum Gasteiger partial charge on any atom is -0.508 e. The van der Waals surface area contributed by atoms with E-state index in [2.05, 4.69) is 19.9 Å². The molecule has 3 aromatic rings. The molecule has 0 radical (unpaired) electrons. The van der Waals surface area contributed by atoms with Crippen molar-refractivity contribution in [2.45, 2.75) is 52.6 Å². The molecule has 0 aromatic heterocycles. The minimum atomic E-state index is -3.42. The van der Waals surface area contributed by atoms with Gasteiger partial charge in [-0.05, 0) is 89.9 Å². The summed E-state index contributed by atoms with van der Waals surface area (Å²) >= 11 is 6.11. The summed E-state index contributed by atoms with van der Waals surface area (Å²) in [6.07, 6.45) is 0.860. The van der Waals surface area contributed by atoms with Gasteiger partial charge in [0.1, 0.15) is 11.5 Å². The number of hydrogen-bond acceptors (Lipinski definition) is 5. The van der Waals surface area contributed by atoms with E-state index in [4.69, 9.17) is 25.4 Å². The molecule has 1 saturated heterocycles. The number of ether oxygens (including phenoxy) is 1. The summed E-state index contributed by atoms with van der Waals surface area (Å²) in [7, 11) is -3.42. The van der Waals surface area contributed by atoms with Crippen molar-refractivity contribution >= 4 is 19.2 Å². The highest BCUT2D eigenvalue weighted by atomic mass is 35.5. The third-order valence-corrected chi connectivity index (χ3v) is 8.16. The minimum absolute atomic E-state index is 0.155. The summed E-state index contributed by atoms with van der Waals surface area (Å²) in [6, 6.07) is 17.1. The second-order valence-electron chi connectivity index (χ2n) is 9.42. The van der Waals surface area contributed by atoms with Gasteiger partial charge in [0.25, 0.3) is 0 Å². The fourth-order valence-electron chi connectivity index (χ4n) is 4.43. The number of benzene rings is 3. The van der Waals surface area contributed by atoms with Crippen LogP contribution in [-0.2, 0) is 20.0 Å². The average molecular weight is 517 g/mol. The van der Waals surface area contributed by atoms with Crippen LogP contribution in [0, 0.1) is 13.8 Å². The Morgan fingerprint density at radius 3 is 2.71 bits per heavy atom. The molecule has 1 unspecified atom stereocenters. The SMILES string of the molecule is Cc1cc(OCP2(=O)OCC[C@@H](c3cccc(Cl)c3)O2)cc([14CH3])c1Cc1ccc(O)c(C(C)C)c1. The van der Waals surface area contributed by atoms with E-state index in [1.807, 2.05) is 50.2 Å². The molecule has 1 fully saturated rings. The molecule has 7 heteroatoms. The Hall–Kier alpha value is -2.30. The Bertz CT molecular complexity index is 1230. The molecule has 1 aliphatic heterocycles. The van der Waals surface area contributed by atoms with E-state index in [-0.39, 0.29) is 18.4 Å². The third-order valence-electron chi connectivity index (χ3n) is 6.33. The van der Waals surface area contributed by atoms with Gasteiger partial charge in [0.15, 0.2) is 6.35 Å². The van der Waals surface area contributed by atoms with Crippen molar-refractivity contribution in [3.8, 4) is 11.5 Å². The Kier molecular flexibility index (Phi) is 7.92. The molecular formula is C28H32ClO5P. The van der Waals surface area contributed by atoms with Crippen LogP contribution in [0.2, 0.25) is 5.02 Å². The van der Waals surface area contributed by atoms with E-state index in [1.54, 1.807) is 12.1 Å². The lowest BCUT2D eigenvalue weighted by atomic mass is 9.94. The molecule has 4 rings (SSSR count). The maximum atomic E-state index is 13.2. The molecule has 0 bridgehead atoms. The third kappa shape index (κ3) is 6.29. The maximum Gasteiger partial charge on any atom is 0.368 e. The predicted octanol–water partition coefficient (Wildman–Crippen LogP) is 8.08. The summed E-state index contributed by atoms with van der Waals surface area (Å²) in [5, 5.41) is 10.7. The van der Waals surface area contributed by atoms with Gasteiger partial charge < -0.3 is 14.4 Å². The average Bonchev–Trinajstić information content (AvgIpc) is 2.81. The molecule has 5 nitrogen and oxygen atoms in total. The lowest BCUT2D eigenvalue weighted by molar-refractivity contribution is 0.0725. The molecule has 3 aromatic carbocycles. The van der Waals surface area contributed by atoms with Crippen molar-refractivity contribution in [2.24, 2.45) is 0 Å². The summed E-state index contributed by atoms with van der Waals surface area (Å²) in [4.78, 5) is 0. The van der Waals surface area contributed by atoms with Crippen molar-refractivity contribution in [3.05, 3.63) is 93.0 Å². The van der Waals surface area contributed by atoms with E-state index in [1.165, 1.54) is 5.56 Å². The van der Waals surface area contributed by atoms with Crippen LogP contribution >= 0.6 is 19.2 Å². The van der Waals surface area contributed by atoms with Crippen LogP contribution in [0.15, 0.2) is 54.6 Å². The second-order valence-corrected chi connectivity index (χ2v) is 11.8. The number of rotatable bonds is 7. The highest BCUT2D eigenvalue weighted by Gasteiger charge is 2.35. The zero-order chi connectivity index (χ0) is 25.2. The van der Waals surface area contributed by atoms with E-state index < -0.39 is 7.60 Å². The molecule has 35 heavy (non-hydrogen) atoms. The number of aromatic hydroxyl groups is 1. The second kappa shape index (κ2) is 10.8. The van der Waals surface area contributed by atoms with Crippen LogP contribution in [-0.4, -0.2) is 18.1 Å². The first-order valence-electron chi connectivity index (χ1n) is 11.9. The van der Waals surface area contributed by atoms with Gasteiger partial charge in [-0.25, -0.2) is 0 Å². The lowest BCUT2D eigenvalue weighted by Crippen LogP contribution is -2.17. The smallest absolute Gasteiger partial charge is 0.368 e. The lowest BCUT2D eigenvalue weighted by Gasteiger charge is -2.30. The molecule has 0 amide bonds. The molecule has 2 atom stereocenters. The summed E-state index contributed by atoms with van der Waals surface area (Å²) in [5.41, 5.74) is 6.35.